The number of unbranched alkanes of at least 4 members (excludes halogenated alkanes) is 31. The summed E-state index contributed by atoms with van der Waals surface area (Å²) < 4.78 is 1.39. The molecule has 350 valence electrons. The molecule has 0 aliphatic carbocycles. The molecule has 2 nitrogen and oxygen atoms in total. The third-order valence-corrected chi connectivity index (χ3v) is 14.0. The first kappa shape index (κ1) is 55.1. The number of rotatable bonds is 39. The SMILES string of the molecule is CCCCCCC1=C(c2cccc(C)c2)[N+](=[N-])C(c2cccc(C)c2)=C1.CCCCCCCCCCCCCCCC[CH2][Ni][CH2]CCCCCCCCCCCCCCCC. The first-order valence-corrected chi connectivity index (χ1v) is 27.9. The molecule has 0 bridgehead atoms. The number of benzene rings is 2. The van der Waals surface area contributed by atoms with Gasteiger partial charge >= 0.3 is 166 Å². The molecule has 1 aliphatic rings. The molecule has 3 heteroatoms. The van der Waals surface area contributed by atoms with Crippen molar-refractivity contribution in [2.24, 2.45) is 0 Å². The molecule has 0 N–H and O–H groups in total. The number of hydrogen-bond donors (Lipinski definition) is 0. The Hall–Kier alpha value is -1.99. The minimum atomic E-state index is 0.871. The van der Waals surface area contributed by atoms with Gasteiger partial charge in [-0.1, -0.05) is 127 Å². The van der Waals surface area contributed by atoms with E-state index in [0.29, 0.717) is 0 Å². The molecule has 0 spiro atoms. The minimum absolute atomic E-state index is 0.871. The van der Waals surface area contributed by atoms with E-state index in [4.69, 9.17) is 0 Å². The summed E-state index contributed by atoms with van der Waals surface area (Å²) in [7, 11) is 0. The van der Waals surface area contributed by atoms with Crippen molar-refractivity contribution in [3.8, 4) is 0 Å². The molecule has 3 rings (SSSR count). The Morgan fingerprint density at radius 1 is 0.410 bits per heavy atom. The van der Waals surface area contributed by atoms with Crippen molar-refractivity contribution in [2.45, 2.75) is 270 Å². The molecule has 0 saturated heterocycles. The molecule has 1 heterocycles. The Labute approximate surface area is 386 Å². The van der Waals surface area contributed by atoms with Crippen LogP contribution in [0.1, 0.15) is 268 Å². The van der Waals surface area contributed by atoms with Crippen LogP contribution in [0.3, 0.4) is 0 Å². The summed E-state index contributed by atoms with van der Waals surface area (Å²) in [4.78, 5) is 0. The van der Waals surface area contributed by atoms with Gasteiger partial charge in [0.05, 0.1) is 0 Å². The first-order chi connectivity index (χ1) is 30.0. The maximum absolute atomic E-state index is 11.0. The molecule has 0 radical (unpaired) electrons. The standard InChI is InChI=1S/C24H28N2.2C17H35.Ni/c1-4-5-6-7-12-22-17-23(20-13-8-10-18(2)15-20)26(25)24(22)21-14-9-11-19(3)16-21;2*1-3-5-7-9-11-13-15-17-16-14-12-10-8-6-4-2;/h8-11,13-17H,4-7,12H2,1-3H3;2*1,3-17H2,2H3;. The van der Waals surface area contributed by atoms with Gasteiger partial charge in [0.15, 0.2) is 0 Å². The van der Waals surface area contributed by atoms with Crippen molar-refractivity contribution < 1.29 is 19.1 Å². The van der Waals surface area contributed by atoms with E-state index in [0.717, 1.165) is 35.4 Å². The third-order valence-electron chi connectivity index (χ3n) is 12.6. The zero-order valence-electron chi connectivity index (χ0n) is 41.1. The van der Waals surface area contributed by atoms with E-state index in [1.807, 2.05) is 20.5 Å². The molecule has 0 saturated carbocycles. The van der Waals surface area contributed by atoms with Crippen LogP contribution < -0.4 is 0 Å². The molecule has 0 amide bonds. The summed E-state index contributed by atoms with van der Waals surface area (Å²) in [6.45, 7) is 11.0. The van der Waals surface area contributed by atoms with E-state index in [-0.39, 0.29) is 0 Å². The van der Waals surface area contributed by atoms with E-state index in [1.54, 1.807) is 0 Å². The average molecular weight is 882 g/mol. The molecule has 2 aromatic rings. The maximum atomic E-state index is 11.0. The topological polar surface area (TPSA) is 25.3 Å². The monoisotopic (exact) mass is 881 g/mol. The van der Waals surface area contributed by atoms with Crippen molar-refractivity contribution in [3.05, 3.63) is 88.0 Å². The van der Waals surface area contributed by atoms with Gasteiger partial charge in [-0.05, 0) is 51.0 Å². The Kier molecular flexibility index (Phi) is 35.8. The number of aryl methyl sites for hydroxylation is 2. The second-order valence-electron chi connectivity index (χ2n) is 18.6. The van der Waals surface area contributed by atoms with Gasteiger partial charge < -0.3 is 5.53 Å². The van der Waals surface area contributed by atoms with Gasteiger partial charge in [-0.2, -0.15) is 0 Å². The molecular weight excluding hydrogens is 783 g/mol. The van der Waals surface area contributed by atoms with Crippen molar-refractivity contribution >= 4 is 11.4 Å². The zero-order valence-corrected chi connectivity index (χ0v) is 42.1. The fourth-order valence-electron chi connectivity index (χ4n) is 8.73. The molecule has 1 aliphatic heterocycles. The van der Waals surface area contributed by atoms with Gasteiger partial charge in [-0.15, -0.1) is 0 Å². The predicted octanol–water partition coefficient (Wildman–Crippen LogP) is 20.7. The molecule has 0 fully saturated rings. The van der Waals surface area contributed by atoms with E-state index in [1.165, 1.54) is 244 Å². The van der Waals surface area contributed by atoms with Crippen molar-refractivity contribution in [1.82, 2.24) is 0 Å². The molecule has 0 unspecified atom stereocenters. The fourth-order valence-corrected chi connectivity index (χ4v) is 9.97. The zero-order chi connectivity index (χ0) is 43.9. The van der Waals surface area contributed by atoms with Gasteiger partial charge in [0, 0.05) is 22.8 Å². The van der Waals surface area contributed by atoms with Crippen LogP contribution in [0.15, 0.2) is 60.2 Å². The summed E-state index contributed by atoms with van der Waals surface area (Å²) in [5.41, 5.74) is 18.6. The Morgan fingerprint density at radius 2 is 0.738 bits per heavy atom. The quantitative estimate of drug-likeness (QED) is 0.0363. The summed E-state index contributed by atoms with van der Waals surface area (Å²) in [5, 5.41) is 2.87. The summed E-state index contributed by atoms with van der Waals surface area (Å²) >= 11 is 2.04. The van der Waals surface area contributed by atoms with Crippen LogP contribution in [0.2, 0.25) is 10.8 Å². The van der Waals surface area contributed by atoms with Gasteiger partial charge in [0.1, 0.15) is 0 Å². The van der Waals surface area contributed by atoms with Crippen LogP contribution in [0.25, 0.3) is 16.9 Å². The van der Waals surface area contributed by atoms with E-state index >= 15 is 0 Å². The van der Waals surface area contributed by atoms with Crippen molar-refractivity contribution in [1.29, 1.82) is 0 Å². The Balaban J connectivity index is 0.000000436. The van der Waals surface area contributed by atoms with Crippen LogP contribution in [0.5, 0.6) is 0 Å². The Bertz CT molecular complexity index is 1370. The predicted molar refractivity (Wildman–Crippen MR) is 269 cm³/mol. The first-order valence-electron chi connectivity index (χ1n) is 26.5. The second-order valence-corrected chi connectivity index (χ2v) is 20.1. The van der Waals surface area contributed by atoms with Crippen LogP contribution in [-0.4, -0.2) is 4.70 Å². The second kappa shape index (κ2) is 39.6. The number of hydrogen-bond acceptors (Lipinski definition) is 0. The molecule has 61 heavy (non-hydrogen) atoms. The van der Waals surface area contributed by atoms with E-state index in [2.05, 4.69) is 83.2 Å². The average Bonchev–Trinajstić information content (AvgIpc) is 3.60. The normalized spacial score (nSPS) is 12.7. The summed E-state index contributed by atoms with van der Waals surface area (Å²) in [6, 6.07) is 16.7. The van der Waals surface area contributed by atoms with Crippen LogP contribution in [0.4, 0.5) is 0 Å². The fraction of sp³-hybridized carbons (Fsp3) is 0.724. The van der Waals surface area contributed by atoms with Gasteiger partial charge in [0.2, 0.25) is 11.4 Å². The van der Waals surface area contributed by atoms with Crippen LogP contribution in [-0.2, 0) is 14.4 Å². The summed E-state index contributed by atoms with van der Waals surface area (Å²) in [5.74, 6) is 0. The van der Waals surface area contributed by atoms with Gasteiger partial charge in [0.25, 0.3) is 0 Å². The van der Waals surface area contributed by atoms with Crippen LogP contribution in [0, 0.1) is 13.8 Å². The molecule has 0 atom stereocenters. The minimum Gasteiger partial charge on any atom is -0.0654 e. The van der Waals surface area contributed by atoms with Gasteiger partial charge in [-0.3, -0.25) is 0 Å². The smallest absolute Gasteiger partial charge is 0.0654 e. The van der Waals surface area contributed by atoms with Crippen LogP contribution >= 0.6 is 0 Å². The van der Waals surface area contributed by atoms with Crippen molar-refractivity contribution in [3.63, 3.8) is 0 Å². The molecule has 0 aromatic heterocycles. The molecular formula is C58H98N2Ni. The van der Waals surface area contributed by atoms with E-state index < -0.39 is 0 Å². The Morgan fingerprint density at radius 3 is 1.11 bits per heavy atom. The number of nitrogens with zero attached hydrogens (tertiary/aromatic N) is 2. The van der Waals surface area contributed by atoms with Crippen molar-refractivity contribution in [2.75, 3.05) is 0 Å². The summed E-state index contributed by atoms with van der Waals surface area (Å²) in [6.07, 6.45) is 52.3. The van der Waals surface area contributed by atoms with Gasteiger partial charge in [-0.25, -0.2) is 4.70 Å². The third kappa shape index (κ3) is 28.4. The number of allylic oxidation sites excluding steroid dienone is 2. The van der Waals surface area contributed by atoms with E-state index in [9.17, 15) is 5.53 Å². The molecule has 2 aromatic carbocycles.